The van der Waals surface area contributed by atoms with Crippen LogP contribution in [0.25, 0.3) is 117 Å². The molecule has 6 nitrogen and oxygen atoms in total. The van der Waals surface area contributed by atoms with Gasteiger partial charge in [-0.3, -0.25) is 4.98 Å². The summed E-state index contributed by atoms with van der Waals surface area (Å²) in [6, 6.07) is 75.6. The van der Waals surface area contributed by atoms with E-state index in [1.807, 2.05) is 42.6 Å². The maximum absolute atomic E-state index is 5.42. The van der Waals surface area contributed by atoms with Gasteiger partial charge in [0.25, 0.3) is 0 Å². The van der Waals surface area contributed by atoms with E-state index in [0.717, 1.165) is 78.4 Å². The molecule has 0 aliphatic carbocycles. The minimum absolute atomic E-state index is 0.636. The number of hydrogen-bond acceptors (Lipinski definition) is 3. The number of hydrogen-bond donors (Lipinski definition) is 0. The summed E-state index contributed by atoms with van der Waals surface area (Å²) < 4.78 is 7.41. The van der Waals surface area contributed by atoms with Gasteiger partial charge < -0.3 is 13.7 Å². The topological polar surface area (TPSA) is 53.5 Å². The Bertz CT molecular complexity index is 3560. The normalized spacial score (nSPS) is 11.8. The van der Waals surface area contributed by atoms with Gasteiger partial charge in [-0.25, -0.2) is 9.97 Å². The molecule has 294 valence electrons. The molecule has 0 aliphatic heterocycles. The molecule has 0 saturated carbocycles. The fourth-order valence-corrected chi connectivity index (χ4v) is 9.81. The molecule has 5 aromatic heterocycles. The standard InChI is InChI=1S/C57H36N6/c1-2-18-37(19-3-1)57-59-46(36-47(60-57)45-26-16-17-33-58-45)38-34-54(61-48-27-10-4-20-39(48)40-21-5-11-28-49(40)61)56(63-52-31-14-8-24-43(52)44-25-9-15-32-53(44)63)55(35-38)62-50-29-12-6-22-41(50)42-23-7-13-30-51(42)62/h1-36H. The summed E-state index contributed by atoms with van der Waals surface area (Å²) in [5.41, 5.74) is 14.0. The minimum Gasteiger partial charge on any atom is -0.307 e. The van der Waals surface area contributed by atoms with Crippen LogP contribution in [0.3, 0.4) is 0 Å². The molecule has 0 amide bonds. The summed E-state index contributed by atoms with van der Waals surface area (Å²) in [5.74, 6) is 0.636. The van der Waals surface area contributed by atoms with Crippen LogP contribution < -0.4 is 0 Å². The van der Waals surface area contributed by atoms with Crippen LogP contribution in [0.5, 0.6) is 0 Å². The number of rotatable bonds is 6. The van der Waals surface area contributed by atoms with Crippen LogP contribution >= 0.6 is 0 Å². The molecule has 0 aliphatic rings. The van der Waals surface area contributed by atoms with Crippen LogP contribution in [-0.2, 0) is 0 Å². The lowest BCUT2D eigenvalue weighted by molar-refractivity contribution is 1.05. The Labute approximate surface area is 362 Å². The van der Waals surface area contributed by atoms with E-state index in [1.165, 1.54) is 32.3 Å². The highest BCUT2D eigenvalue weighted by molar-refractivity contribution is 6.14. The first kappa shape index (κ1) is 35.2. The van der Waals surface area contributed by atoms with Crippen LogP contribution in [0.15, 0.2) is 219 Å². The third-order valence-corrected chi connectivity index (χ3v) is 12.5. The van der Waals surface area contributed by atoms with E-state index in [9.17, 15) is 0 Å². The van der Waals surface area contributed by atoms with Gasteiger partial charge in [0.05, 0.1) is 67.2 Å². The molecule has 8 aromatic carbocycles. The highest BCUT2D eigenvalue weighted by atomic mass is 15.1. The summed E-state index contributed by atoms with van der Waals surface area (Å²) in [7, 11) is 0. The van der Waals surface area contributed by atoms with Crippen LogP contribution in [0.2, 0.25) is 0 Å². The molecule has 0 fully saturated rings. The molecule has 0 spiro atoms. The Kier molecular flexibility index (Phi) is 7.80. The van der Waals surface area contributed by atoms with Crippen molar-refractivity contribution in [3.05, 3.63) is 219 Å². The average Bonchev–Trinajstić information content (AvgIpc) is 4.00. The maximum Gasteiger partial charge on any atom is 0.160 e. The molecular formula is C57H36N6. The van der Waals surface area contributed by atoms with Gasteiger partial charge in [-0.15, -0.1) is 0 Å². The second-order valence-corrected chi connectivity index (χ2v) is 16.0. The highest BCUT2D eigenvalue weighted by Crippen LogP contribution is 2.45. The Balaban J connectivity index is 1.26. The van der Waals surface area contributed by atoms with Crippen molar-refractivity contribution < 1.29 is 0 Å². The van der Waals surface area contributed by atoms with Crippen molar-refractivity contribution in [3.8, 4) is 51.1 Å². The van der Waals surface area contributed by atoms with Gasteiger partial charge in [-0.05, 0) is 66.7 Å². The molecule has 13 aromatic rings. The summed E-state index contributed by atoms with van der Waals surface area (Å²) in [4.78, 5) is 15.3. The van der Waals surface area contributed by atoms with Crippen LogP contribution in [0, 0.1) is 0 Å². The zero-order chi connectivity index (χ0) is 41.4. The van der Waals surface area contributed by atoms with E-state index >= 15 is 0 Å². The summed E-state index contributed by atoms with van der Waals surface area (Å²) in [5, 5.41) is 7.15. The third kappa shape index (κ3) is 5.41. The van der Waals surface area contributed by atoms with Crippen molar-refractivity contribution in [1.82, 2.24) is 28.7 Å². The Morgan fingerprint density at radius 3 is 1.10 bits per heavy atom. The zero-order valence-corrected chi connectivity index (χ0v) is 34.0. The number of pyridine rings is 1. The Morgan fingerprint density at radius 2 is 0.667 bits per heavy atom. The first-order chi connectivity index (χ1) is 31.3. The van der Waals surface area contributed by atoms with Gasteiger partial charge in [0.1, 0.15) is 0 Å². The number of aromatic nitrogens is 6. The van der Waals surface area contributed by atoms with E-state index < -0.39 is 0 Å². The number of benzene rings is 8. The van der Waals surface area contributed by atoms with E-state index in [-0.39, 0.29) is 0 Å². The quantitative estimate of drug-likeness (QED) is 0.168. The van der Waals surface area contributed by atoms with Crippen molar-refractivity contribution in [1.29, 1.82) is 0 Å². The van der Waals surface area contributed by atoms with Crippen LogP contribution in [0.1, 0.15) is 0 Å². The monoisotopic (exact) mass is 804 g/mol. The summed E-state index contributed by atoms with van der Waals surface area (Å²) in [6.07, 6.45) is 1.82. The number of nitrogens with zero attached hydrogens (tertiary/aromatic N) is 6. The lowest BCUT2D eigenvalue weighted by Gasteiger charge is -2.23. The fraction of sp³-hybridized carbons (Fsp3) is 0. The smallest absolute Gasteiger partial charge is 0.160 e. The molecule has 0 saturated heterocycles. The second-order valence-electron chi connectivity index (χ2n) is 16.0. The van der Waals surface area contributed by atoms with E-state index in [2.05, 4.69) is 190 Å². The van der Waals surface area contributed by atoms with Crippen molar-refractivity contribution in [2.45, 2.75) is 0 Å². The molecular weight excluding hydrogens is 769 g/mol. The third-order valence-electron chi connectivity index (χ3n) is 12.5. The van der Waals surface area contributed by atoms with Gasteiger partial charge in [-0.2, -0.15) is 0 Å². The van der Waals surface area contributed by atoms with E-state index in [1.54, 1.807) is 0 Å². The minimum atomic E-state index is 0.636. The van der Waals surface area contributed by atoms with Gasteiger partial charge in [0.15, 0.2) is 5.82 Å². The molecule has 0 atom stereocenters. The predicted octanol–water partition coefficient (Wildman–Crippen LogP) is 14.2. The van der Waals surface area contributed by atoms with Crippen molar-refractivity contribution >= 4 is 65.4 Å². The Morgan fingerprint density at radius 1 is 0.286 bits per heavy atom. The van der Waals surface area contributed by atoms with Crippen molar-refractivity contribution in [3.63, 3.8) is 0 Å². The first-order valence-corrected chi connectivity index (χ1v) is 21.3. The molecule has 0 N–H and O–H groups in total. The SMILES string of the molecule is c1ccc(-c2nc(-c3cc(-n4c5ccccc5c5ccccc54)c(-n4c5ccccc5c5ccccc54)c(-n4c5ccccc5c5ccccc54)c3)cc(-c3ccccn3)n2)cc1. The molecule has 0 unspecified atom stereocenters. The Hall–Kier alpha value is -8.61. The lowest BCUT2D eigenvalue weighted by Crippen LogP contribution is -2.10. The van der Waals surface area contributed by atoms with Crippen LogP contribution in [0.4, 0.5) is 0 Å². The van der Waals surface area contributed by atoms with Gasteiger partial charge in [0.2, 0.25) is 0 Å². The maximum atomic E-state index is 5.42. The second kappa shape index (κ2) is 14.0. The van der Waals surface area contributed by atoms with Crippen molar-refractivity contribution in [2.24, 2.45) is 0 Å². The first-order valence-electron chi connectivity index (χ1n) is 21.3. The molecule has 0 radical (unpaired) electrons. The van der Waals surface area contributed by atoms with Crippen molar-refractivity contribution in [2.75, 3.05) is 0 Å². The lowest BCUT2D eigenvalue weighted by atomic mass is 10.0. The molecule has 6 heteroatoms. The van der Waals surface area contributed by atoms with Gasteiger partial charge in [0, 0.05) is 49.6 Å². The average molecular weight is 805 g/mol. The van der Waals surface area contributed by atoms with E-state index in [4.69, 9.17) is 15.0 Å². The van der Waals surface area contributed by atoms with Gasteiger partial charge >= 0.3 is 0 Å². The number of fused-ring (bicyclic) bond motifs is 9. The zero-order valence-electron chi connectivity index (χ0n) is 34.0. The molecule has 5 heterocycles. The highest BCUT2D eigenvalue weighted by Gasteiger charge is 2.26. The van der Waals surface area contributed by atoms with E-state index in [0.29, 0.717) is 5.82 Å². The molecule has 63 heavy (non-hydrogen) atoms. The largest absolute Gasteiger partial charge is 0.307 e. The summed E-state index contributed by atoms with van der Waals surface area (Å²) >= 11 is 0. The van der Waals surface area contributed by atoms with Gasteiger partial charge in [-0.1, -0.05) is 146 Å². The molecule has 0 bridgehead atoms. The fourth-order valence-electron chi connectivity index (χ4n) is 9.81. The predicted molar refractivity (Wildman–Crippen MR) is 259 cm³/mol. The van der Waals surface area contributed by atoms with Crippen LogP contribution in [-0.4, -0.2) is 28.7 Å². The number of para-hydroxylation sites is 6. The molecule has 13 rings (SSSR count). The summed E-state index contributed by atoms with van der Waals surface area (Å²) in [6.45, 7) is 0.